The number of hydrogen-bond acceptors (Lipinski definition) is 6. The Morgan fingerprint density at radius 2 is 1.44 bits per heavy atom. The molecule has 86 valence electrons. The smallest absolute Gasteiger partial charge is 0.258 e. The van der Waals surface area contributed by atoms with Gasteiger partial charge in [0, 0.05) is 12.1 Å². The van der Waals surface area contributed by atoms with Gasteiger partial charge >= 0.3 is 0 Å². The molecule has 0 fully saturated rings. The van der Waals surface area contributed by atoms with Crippen LogP contribution in [0.3, 0.4) is 0 Å². The van der Waals surface area contributed by atoms with Crippen molar-refractivity contribution >= 4 is 34.5 Å². The molecule has 0 saturated heterocycles. The van der Waals surface area contributed by atoms with Gasteiger partial charge in [-0.1, -0.05) is 0 Å². The molecule has 1 rings (SSSR count). The van der Waals surface area contributed by atoms with E-state index in [2.05, 4.69) is 14.8 Å². The number of nitro groups is 2. The first kappa shape index (κ1) is 12.5. The second-order valence-corrected chi connectivity index (χ2v) is 6.42. The summed E-state index contributed by atoms with van der Waals surface area (Å²) in [5, 5.41) is 21.1. The summed E-state index contributed by atoms with van der Waals surface area (Å²) in [5.41, 5.74) is -1.68. The lowest BCUT2D eigenvalue weighted by atomic mass is 10.3. The van der Waals surface area contributed by atoms with E-state index in [0.717, 1.165) is 18.2 Å². The van der Waals surface area contributed by atoms with E-state index in [9.17, 15) is 28.6 Å². The molecule has 0 aliphatic carbocycles. The highest BCUT2D eigenvalue weighted by Gasteiger charge is 2.33. The minimum Gasteiger partial charge on any atom is -0.258 e. The molecule has 0 spiro atoms. The van der Waals surface area contributed by atoms with Gasteiger partial charge in [-0.05, 0) is 6.07 Å². The second kappa shape index (κ2) is 4.14. The first-order chi connectivity index (χ1) is 7.25. The van der Waals surface area contributed by atoms with Gasteiger partial charge in [0.2, 0.25) is 4.90 Å². The maximum atomic E-state index is 11.2. The molecule has 0 bridgehead atoms. The van der Waals surface area contributed by atoms with Gasteiger partial charge in [-0.25, -0.2) is 8.42 Å². The van der Waals surface area contributed by atoms with E-state index < -0.39 is 34.4 Å². The van der Waals surface area contributed by atoms with Gasteiger partial charge < -0.3 is 0 Å². The highest BCUT2D eigenvalue weighted by Crippen LogP contribution is 2.35. The van der Waals surface area contributed by atoms with Crippen molar-refractivity contribution in [1.29, 1.82) is 0 Å². The maximum Gasteiger partial charge on any atom is 0.296 e. The maximum absolute atomic E-state index is 11.2. The van der Waals surface area contributed by atoms with E-state index in [4.69, 9.17) is 0 Å². The number of nitrogens with zero attached hydrogens (tertiary/aromatic N) is 2. The molecule has 8 nitrogen and oxygen atoms in total. The van der Waals surface area contributed by atoms with Crippen molar-refractivity contribution in [2.75, 3.05) is 0 Å². The average molecular weight is 311 g/mol. The highest BCUT2D eigenvalue weighted by molar-refractivity contribution is 9.47. The number of halogens is 1. The Hall–Kier alpha value is -1.55. The van der Waals surface area contributed by atoms with Crippen molar-refractivity contribution in [2.24, 2.45) is 0 Å². The molecule has 0 aliphatic heterocycles. The largest absolute Gasteiger partial charge is 0.296 e. The van der Waals surface area contributed by atoms with Gasteiger partial charge in [-0.15, -0.1) is 0 Å². The lowest BCUT2D eigenvalue weighted by Crippen LogP contribution is -2.03. The normalized spacial score (nSPS) is 11.1. The lowest BCUT2D eigenvalue weighted by molar-refractivity contribution is -0.399. The Labute approximate surface area is 96.3 Å². The first-order valence-corrected chi connectivity index (χ1v) is 6.94. The van der Waals surface area contributed by atoms with Crippen molar-refractivity contribution in [1.82, 2.24) is 0 Å². The molecule has 0 atom stereocenters. The quantitative estimate of drug-likeness (QED) is 0.475. The molecule has 16 heavy (non-hydrogen) atoms. The van der Waals surface area contributed by atoms with Crippen molar-refractivity contribution in [2.45, 2.75) is 4.90 Å². The predicted octanol–water partition coefficient (Wildman–Crippen LogP) is 1.59. The lowest BCUT2D eigenvalue weighted by Gasteiger charge is -1.99. The molecule has 0 unspecified atom stereocenters. The summed E-state index contributed by atoms with van der Waals surface area (Å²) in [6, 6.07) is 2.79. The van der Waals surface area contributed by atoms with Crippen molar-refractivity contribution in [3.05, 3.63) is 38.4 Å². The summed E-state index contributed by atoms with van der Waals surface area (Å²) >= 11 is 2.19. The van der Waals surface area contributed by atoms with Crippen LogP contribution < -0.4 is 0 Å². The molecule has 1 aromatic rings. The van der Waals surface area contributed by atoms with Crippen LogP contribution in [0.4, 0.5) is 11.4 Å². The molecular formula is C6H3BrN2O6S. The minimum atomic E-state index is -4.22. The number of rotatable bonds is 3. The van der Waals surface area contributed by atoms with Crippen LogP contribution in [0.25, 0.3) is 0 Å². The van der Waals surface area contributed by atoms with Crippen LogP contribution in [0, 0.1) is 20.2 Å². The molecule has 10 heteroatoms. The Kier molecular flexibility index (Phi) is 3.24. The van der Waals surface area contributed by atoms with Gasteiger partial charge in [0.1, 0.15) is 0 Å². The summed E-state index contributed by atoms with van der Waals surface area (Å²) in [4.78, 5) is 18.1. The summed E-state index contributed by atoms with van der Waals surface area (Å²) in [7, 11) is -4.22. The third-order valence-corrected chi connectivity index (χ3v) is 3.49. The number of hydrogen-bond donors (Lipinski definition) is 0. The first-order valence-electron chi connectivity index (χ1n) is 3.61. The standard InChI is InChI=1S/C6H3BrN2O6S/c7-16(14,15)6-4(8(10)11)2-1-3-5(6)9(12)13/h1-3H. The molecule has 0 aliphatic rings. The van der Waals surface area contributed by atoms with Crippen LogP contribution in [-0.4, -0.2) is 18.3 Å². The Bertz CT molecular complexity index is 536. The van der Waals surface area contributed by atoms with E-state index in [1.165, 1.54) is 0 Å². The van der Waals surface area contributed by atoms with Gasteiger partial charge in [0.15, 0.2) is 0 Å². The Morgan fingerprint density at radius 3 is 1.69 bits per heavy atom. The zero-order chi connectivity index (χ0) is 12.5. The predicted molar refractivity (Wildman–Crippen MR) is 55.9 cm³/mol. The van der Waals surface area contributed by atoms with E-state index in [-0.39, 0.29) is 0 Å². The molecule has 0 N–H and O–H groups in total. The van der Waals surface area contributed by atoms with Crippen molar-refractivity contribution in [3.8, 4) is 0 Å². The van der Waals surface area contributed by atoms with E-state index in [1.54, 1.807) is 0 Å². The van der Waals surface area contributed by atoms with E-state index in [1.807, 2.05) is 0 Å². The molecule has 0 aromatic heterocycles. The van der Waals surface area contributed by atoms with Crippen LogP contribution in [0.5, 0.6) is 0 Å². The minimum absolute atomic E-state index is 0.842. The van der Waals surface area contributed by atoms with E-state index >= 15 is 0 Å². The van der Waals surface area contributed by atoms with Crippen LogP contribution in [0.15, 0.2) is 23.1 Å². The molecule has 1 aromatic carbocycles. The Morgan fingerprint density at radius 1 is 1.06 bits per heavy atom. The van der Waals surface area contributed by atoms with Crippen molar-refractivity contribution < 1.29 is 18.3 Å². The zero-order valence-electron chi connectivity index (χ0n) is 7.36. The fourth-order valence-corrected chi connectivity index (χ4v) is 2.83. The third kappa shape index (κ3) is 2.33. The van der Waals surface area contributed by atoms with Gasteiger partial charge in [-0.2, -0.15) is 0 Å². The highest BCUT2D eigenvalue weighted by atomic mass is 79.9. The summed E-state index contributed by atoms with van der Waals surface area (Å²) in [6.07, 6.45) is 0. The molecule has 0 heterocycles. The van der Waals surface area contributed by atoms with Crippen LogP contribution >= 0.6 is 14.8 Å². The molecule has 0 radical (unpaired) electrons. The SMILES string of the molecule is O=[N+]([O-])c1cccc([N+](=O)[O-])c1S(=O)(=O)Br. The average Bonchev–Trinajstić information content (AvgIpc) is 2.15. The Balaban J connectivity index is 3.75. The topological polar surface area (TPSA) is 120 Å². The molecule has 0 saturated carbocycles. The monoisotopic (exact) mass is 310 g/mol. The third-order valence-electron chi connectivity index (χ3n) is 1.61. The van der Waals surface area contributed by atoms with Crippen molar-refractivity contribution in [3.63, 3.8) is 0 Å². The van der Waals surface area contributed by atoms with Gasteiger partial charge in [0.05, 0.1) is 24.7 Å². The van der Waals surface area contributed by atoms with E-state index in [0.29, 0.717) is 0 Å². The molecule has 0 amide bonds. The van der Waals surface area contributed by atoms with Gasteiger partial charge in [-0.3, -0.25) is 20.2 Å². The summed E-state index contributed by atoms with van der Waals surface area (Å²) in [5.74, 6) is 0. The van der Waals surface area contributed by atoms with Crippen LogP contribution in [0.2, 0.25) is 0 Å². The number of nitro benzene ring substituents is 2. The van der Waals surface area contributed by atoms with Crippen LogP contribution in [0.1, 0.15) is 0 Å². The van der Waals surface area contributed by atoms with Crippen LogP contribution in [-0.2, 0) is 8.27 Å². The second-order valence-electron chi connectivity index (χ2n) is 2.58. The summed E-state index contributed by atoms with van der Waals surface area (Å²) < 4.78 is 22.4. The summed E-state index contributed by atoms with van der Waals surface area (Å²) in [6.45, 7) is 0. The van der Waals surface area contributed by atoms with Gasteiger partial charge in [0.25, 0.3) is 19.6 Å². The fourth-order valence-electron chi connectivity index (χ4n) is 1.05. The molecular weight excluding hydrogens is 308 g/mol. The fraction of sp³-hybridized carbons (Fsp3) is 0. The zero-order valence-corrected chi connectivity index (χ0v) is 9.76. The number of benzene rings is 1.